The van der Waals surface area contributed by atoms with Crippen molar-refractivity contribution in [3.05, 3.63) is 18.3 Å². The van der Waals surface area contributed by atoms with E-state index in [1.807, 2.05) is 4.90 Å². The number of amides is 2. The molecule has 2 aliphatic rings. The maximum atomic E-state index is 12.7. The van der Waals surface area contributed by atoms with Gasteiger partial charge in [0.2, 0.25) is 5.88 Å². The first-order valence-corrected chi connectivity index (χ1v) is 9.00. The van der Waals surface area contributed by atoms with Gasteiger partial charge < -0.3 is 19.7 Å². The normalized spacial score (nSPS) is 27.3. The number of aromatic nitrogens is 1. The summed E-state index contributed by atoms with van der Waals surface area (Å²) < 4.78 is 10.8. The van der Waals surface area contributed by atoms with E-state index in [0.29, 0.717) is 11.6 Å². The fourth-order valence-corrected chi connectivity index (χ4v) is 3.79. The molecule has 25 heavy (non-hydrogen) atoms. The molecule has 2 saturated heterocycles. The molecule has 1 N–H and O–H groups in total. The molecule has 138 valence electrons. The standard InChI is InChI=1S/C18H28N4O3/c1-13-10-21(11-14(2)25-13)12-16-5-4-8-22(16)18(23)20-15-6-7-17(24-3)19-9-15/h6-7,9,13-14,16H,4-5,8,10-12H2,1-3H3,(H,20,23)/t13-,14-,16+/m0/s1. The minimum absolute atomic E-state index is 0.0520. The van der Waals surface area contributed by atoms with E-state index in [0.717, 1.165) is 39.0 Å². The molecule has 3 rings (SSSR count). The minimum atomic E-state index is -0.0520. The summed E-state index contributed by atoms with van der Waals surface area (Å²) in [6.07, 6.45) is 4.21. The van der Waals surface area contributed by atoms with Crippen molar-refractivity contribution in [3.63, 3.8) is 0 Å². The Morgan fingerprint density at radius 1 is 1.36 bits per heavy atom. The molecule has 7 heteroatoms. The van der Waals surface area contributed by atoms with Crippen LogP contribution in [-0.4, -0.2) is 72.4 Å². The number of pyridine rings is 1. The zero-order chi connectivity index (χ0) is 17.8. The molecule has 7 nitrogen and oxygen atoms in total. The van der Waals surface area contributed by atoms with Gasteiger partial charge in [0.05, 0.1) is 31.2 Å². The van der Waals surface area contributed by atoms with Crippen LogP contribution in [0.4, 0.5) is 10.5 Å². The van der Waals surface area contributed by atoms with Gasteiger partial charge in [-0.15, -0.1) is 0 Å². The van der Waals surface area contributed by atoms with Gasteiger partial charge in [0, 0.05) is 38.3 Å². The number of ether oxygens (including phenoxy) is 2. The number of likely N-dealkylation sites (tertiary alicyclic amines) is 1. The quantitative estimate of drug-likeness (QED) is 0.903. The summed E-state index contributed by atoms with van der Waals surface area (Å²) in [5.74, 6) is 0.535. The number of carbonyl (C=O) groups excluding carboxylic acids is 1. The van der Waals surface area contributed by atoms with Gasteiger partial charge in [0.25, 0.3) is 0 Å². The Kier molecular flexibility index (Phi) is 5.75. The number of urea groups is 1. The number of rotatable bonds is 4. The largest absolute Gasteiger partial charge is 0.481 e. The van der Waals surface area contributed by atoms with Gasteiger partial charge in [-0.05, 0) is 32.8 Å². The van der Waals surface area contributed by atoms with Crippen LogP contribution in [-0.2, 0) is 4.74 Å². The Balaban J connectivity index is 1.57. The monoisotopic (exact) mass is 348 g/mol. The predicted molar refractivity (Wildman–Crippen MR) is 96.0 cm³/mol. The number of morpholine rings is 1. The van der Waals surface area contributed by atoms with Gasteiger partial charge in [0.1, 0.15) is 0 Å². The van der Waals surface area contributed by atoms with Gasteiger partial charge in [-0.1, -0.05) is 0 Å². The second-order valence-electron chi connectivity index (χ2n) is 6.98. The van der Waals surface area contributed by atoms with Crippen molar-refractivity contribution in [1.82, 2.24) is 14.8 Å². The first kappa shape index (κ1) is 17.9. The van der Waals surface area contributed by atoms with Crippen LogP contribution < -0.4 is 10.1 Å². The summed E-state index contributed by atoms with van der Waals surface area (Å²) in [5, 5.41) is 2.95. The van der Waals surface area contributed by atoms with Gasteiger partial charge in [-0.2, -0.15) is 0 Å². The van der Waals surface area contributed by atoms with E-state index in [1.54, 1.807) is 25.4 Å². The third-order valence-corrected chi connectivity index (χ3v) is 4.80. The zero-order valence-electron chi connectivity index (χ0n) is 15.3. The number of nitrogens with one attached hydrogen (secondary N) is 1. The van der Waals surface area contributed by atoms with Crippen molar-refractivity contribution < 1.29 is 14.3 Å². The van der Waals surface area contributed by atoms with Gasteiger partial charge in [0.15, 0.2) is 0 Å². The average Bonchev–Trinajstić information content (AvgIpc) is 3.03. The molecule has 0 spiro atoms. The Hall–Kier alpha value is -1.86. The van der Waals surface area contributed by atoms with E-state index in [9.17, 15) is 4.79 Å². The molecule has 0 saturated carbocycles. The van der Waals surface area contributed by atoms with Crippen molar-refractivity contribution in [2.45, 2.75) is 44.9 Å². The van der Waals surface area contributed by atoms with E-state index in [-0.39, 0.29) is 24.3 Å². The second kappa shape index (κ2) is 8.01. The molecule has 2 aliphatic heterocycles. The molecule has 1 aromatic rings. The maximum Gasteiger partial charge on any atom is 0.322 e. The molecule has 3 atom stereocenters. The number of hydrogen-bond donors (Lipinski definition) is 1. The molecule has 0 radical (unpaired) electrons. The zero-order valence-corrected chi connectivity index (χ0v) is 15.3. The topological polar surface area (TPSA) is 66.9 Å². The molecule has 1 aromatic heterocycles. The highest BCUT2D eigenvalue weighted by Crippen LogP contribution is 2.22. The number of nitrogens with zero attached hydrogens (tertiary/aromatic N) is 3. The van der Waals surface area contributed by atoms with Crippen molar-refractivity contribution in [1.29, 1.82) is 0 Å². The summed E-state index contributed by atoms with van der Waals surface area (Å²) in [6.45, 7) is 7.79. The Morgan fingerprint density at radius 2 is 2.12 bits per heavy atom. The Morgan fingerprint density at radius 3 is 2.76 bits per heavy atom. The van der Waals surface area contributed by atoms with Crippen molar-refractivity contribution in [3.8, 4) is 5.88 Å². The van der Waals surface area contributed by atoms with E-state index in [1.165, 1.54) is 0 Å². The molecular weight excluding hydrogens is 320 g/mol. The van der Waals surface area contributed by atoms with Crippen LogP contribution in [0.2, 0.25) is 0 Å². The molecule has 0 aliphatic carbocycles. The molecule has 2 amide bonds. The fraction of sp³-hybridized carbons (Fsp3) is 0.667. The second-order valence-corrected chi connectivity index (χ2v) is 6.98. The highest BCUT2D eigenvalue weighted by atomic mass is 16.5. The van der Waals surface area contributed by atoms with Gasteiger partial charge in [-0.3, -0.25) is 4.90 Å². The molecule has 0 unspecified atom stereocenters. The van der Waals surface area contributed by atoms with Crippen LogP contribution in [0.15, 0.2) is 18.3 Å². The molecule has 0 bridgehead atoms. The maximum absolute atomic E-state index is 12.7. The van der Waals surface area contributed by atoms with Crippen LogP contribution in [0, 0.1) is 0 Å². The van der Waals surface area contributed by atoms with Crippen LogP contribution in [0.5, 0.6) is 5.88 Å². The van der Waals surface area contributed by atoms with E-state index >= 15 is 0 Å². The number of carbonyl (C=O) groups is 1. The Bertz CT molecular complexity index is 570. The summed E-state index contributed by atoms with van der Waals surface area (Å²) in [6, 6.07) is 3.75. The smallest absolute Gasteiger partial charge is 0.322 e. The first-order chi connectivity index (χ1) is 12.0. The highest BCUT2D eigenvalue weighted by molar-refractivity contribution is 5.89. The van der Waals surface area contributed by atoms with Crippen molar-refractivity contribution in [2.75, 3.05) is 38.6 Å². The van der Waals surface area contributed by atoms with Crippen molar-refractivity contribution >= 4 is 11.7 Å². The summed E-state index contributed by atoms with van der Waals surface area (Å²) in [5.41, 5.74) is 0.685. The molecule has 2 fully saturated rings. The SMILES string of the molecule is COc1ccc(NC(=O)N2CCC[C@@H]2CN2C[C@H](C)O[C@@H](C)C2)cn1. The van der Waals surface area contributed by atoms with Crippen LogP contribution in [0.25, 0.3) is 0 Å². The fourth-order valence-electron chi connectivity index (χ4n) is 3.79. The number of hydrogen-bond acceptors (Lipinski definition) is 5. The van der Waals surface area contributed by atoms with Crippen molar-refractivity contribution in [2.24, 2.45) is 0 Å². The average molecular weight is 348 g/mol. The van der Waals surface area contributed by atoms with Gasteiger partial charge in [-0.25, -0.2) is 9.78 Å². The lowest BCUT2D eigenvalue weighted by atomic mass is 10.1. The van der Waals surface area contributed by atoms with E-state index in [2.05, 4.69) is 29.0 Å². The number of anilines is 1. The third kappa shape index (κ3) is 4.61. The highest BCUT2D eigenvalue weighted by Gasteiger charge is 2.32. The molecule has 3 heterocycles. The van der Waals surface area contributed by atoms with E-state index < -0.39 is 0 Å². The molecular formula is C18H28N4O3. The predicted octanol–water partition coefficient (Wildman–Crippen LogP) is 2.20. The molecule has 0 aromatic carbocycles. The summed E-state index contributed by atoms with van der Waals surface area (Å²) in [4.78, 5) is 21.2. The summed E-state index contributed by atoms with van der Waals surface area (Å²) >= 11 is 0. The van der Waals surface area contributed by atoms with Gasteiger partial charge >= 0.3 is 6.03 Å². The first-order valence-electron chi connectivity index (χ1n) is 9.00. The lowest BCUT2D eigenvalue weighted by Crippen LogP contribution is -2.51. The van der Waals surface area contributed by atoms with Crippen LogP contribution in [0.1, 0.15) is 26.7 Å². The van der Waals surface area contributed by atoms with Crippen LogP contribution in [0.3, 0.4) is 0 Å². The third-order valence-electron chi connectivity index (χ3n) is 4.80. The lowest BCUT2D eigenvalue weighted by Gasteiger charge is -2.38. The lowest BCUT2D eigenvalue weighted by molar-refractivity contribution is -0.0712. The van der Waals surface area contributed by atoms with E-state index in [4.69, 9.17) is 9.47 Å². The van der Waals surface area contributed by atoms with Crippen LogP contribution >= 0.6 is 0 Å². The summed E-state index contributed by atoms with van der Waals surface area (Å²) in [7, 11) is 1.57. The minimum Gasteiger partial charge on any atom is -0.481 e. The Labute approximate surface area is 149 Å². The number of methoxy groups -OCH3 is 1.